The minimum absolute atomic E-state index is 0. The van der Waals surface area contributed by atoms with Crippen molar-refractivity contribution in [3.8, 4) is 0 Å². The van der Waals surface area contributed by atoms with Crippen LogP contribution in [0.15, 0.2) is 24.8 Å². The zero-order valence-corrected chi connectivity index (χ0v) is 37.0. The third-order valence-corrected chi connectivity index (χ3v) is 10.7. The molecule has 0 saturated heterocycles. The molecule has 13 nitrogen and oxygen atoms in total. The Balaban J connectivity index is 0.00000392. The maximum atomic E-state index is 13.9. The van der Waals surface area contributed by atoms with Gasteiger partial charge < -0.3 is 29.9 Å². The second kappa shape index (κ2) is 18.8. The van der Waals surface area contributed by atoms with Gasteiger partial charge in [0.15, 0.2) is 0 Å². The van der Waals surface area contributed by atoms with E-state index in [0.717, 1.165) is 28.0 Å². The molecule has 3 aromatic heterocycles. The standard InChI is InChI=1S/C38H46N6O7S.K.Mn/c1-9-23-19(3)27-16-29-21(5)25(11-12-33(45)39-7)36(43-29)26(15-34(46)51-8)37-35(38(47)40-13-14-52(48,49)50)22(6)30(44-37)18-32-24(10-2)20(4)28(42-32)17-31(23)41-27;;/h9,16-18,21,25H,1,10-15H2,2-8H3,(H5,39,40,41,42,43,44,45,47,48,49,50);;/q;+1;+2/p-3/t21?,25-;;/m0../s1. The Kier molecular flexibility index (Phi) is 15.8. The molecule has 5 heterocycles. The van der Waals surface area contributed by atoms with Crippen molar-refractivity contribution in [3.63, 3.8) is 0 Å². The monoisotopic (exact) mass is 821 g/mol. The van der Waals surface area contributed by atoms with Crippen molar-refractivity contribution in [1.82, 2.24) is 30.6 Å². The number of esters is 1. The zero-order valence-electron chi connectivity index (χ0n) is 31.8. The molecule has 0 spiro atoms. The van der Waals surface area contributed by atoms with E-state index in [4.69, 9.17) is 24.7 Å². The quantitative estimate of drug-likeness (QED) is 0.162. The first-order valence-electron chi connectivity index (χ1n) is 17.1. The molecule has 0 fully saturated rings. The van der Waals surface area contributed by atoms with Gasteiger partial charge in [0, 0.05) is 48.8 Å². The molecule has 5 rings (SSSR count). The van der Waals surface area contributed by atoms with E-state index in [1.165, 1.54) is 7.11 Å². The van der Waals surface area contributed by atoms with Crippen LogP contribution in [-0.2, 0) is 47.9 Å². The molecule has 2 amide bonds. The number of methoxy groups -OCH3 is 1. The number of rotatable bonds is 11. The second-order valence-corrected chi connectivity index (χ2v) is 14.5. The summed E-state index contributed by atoms with van der Waals surface area (Å²) in [6.07, 6.45) is 2.66. The molecule has 281 valence electrons. The smallest absolute Gasteiger partial charge is 0.748 e. The van der Waals surface area contributed by atoms with E-state index < -0.39 is 34.3 Å². The molecule has 2 atom stereocenters. The average Bonchev–Trinajstić information content (AvgIpc) is 3.78. The number of aryl methyl sites for hydroxylation is 2. The Bertz CT molecular complexity index is 2300. The van der Waals surface area contributed by atoms with Crippen molar-refractivity contribution < 1.29 is 101 Å². The van der Waals surface area contributed by atoms with Crippen LogP contribution in [0.5, 0.6) is 0 Å². The van der Waals surface area contributed by atoms with Crippen LogP contribution >= 0.6 is 0 Å². The van der Waals surface area contributed by atoms with Crippen LogP contribution in [0.3, 0.4) is 0 Å². The van der Waals surface area contributed by atoms with Gasteiger partial charge in [-0.15, -0.1) is 22.1 Å². The summed E-state index contributed by atoms with van der Waals surface area (Å²) in [5.41, 5.74) is 9.03. The summed E-state index contributed by atoms with van der Waals surface area (Å²) < 4.78 is 39.2. The fraction of sp³-hybridized carbons (Fsp3) is 0.395. The number of hydrogen-bond acceptors (Lipinski definition) is 9. The Morgan fingerprint density at radius 1 is 1.04 bits per heavy atom. The second-order valence-electron chi connectivity index (χ2n) is 13.0. The molecule has 3 aromatic rings. The number of nitrogens with one attached hydrogen (secondary N) is 2. The van der Waals surface area contributed by atoms with Crippen LogP contribution in [-0.4, -0.2) is 67.2 Å². The van der Waals surface area contributed by atoms with Crippen LogP contribution < -0.4 is 72.0 Å². The molecule has 0 aromatic carbocycles. The number of fused-ring (bicyclic) bond motifs is 8. The third-order valence-electron chi connectivity index (χ3n) is 9.95. The first-order valence-corrected chi connectivity index (χ1v) is 18.7. The molecular weight excluding hydrogens is 779 g/mol. The van der Waals surface area contributed by atoms with E-state index in [2.05, 4.69) is 17.2 Å². The summed E-state index contributed by atoms with van der Waals surface area (Å²) in [7, 11) is -1.79. The summed E-state index contributed by atoms with van der Waals surface area (Å²) in [6.45, 7) is 13.3. The third kappa shape index (κ3) is 9.53. The van der Waals surface area contributed by atoms with Gasteiger partial charge in [-0.25, -0.2) is 13.4 Å². The number of nitrogens with zero attached hydrogens (tertiary/aromatic N) is 4. The van der Waals surface area contributed by atoms with E-state index in [1.807, 2.05) is 39.8 Å². The Labute approximate surface area is 368 Å². The summed E-state index contributed by atoms with van der Waals surface area (Å²) in [5, 5.41) is 5.21. The number of carbonyl (C=O) groups excluding carboxylic acids is 3. The van der Waals surface area contributed by atoms with E-state index in [-0.39, 0.29) is 110 Å². The molecule has 2 N–H and O–H groups in total. The number of ether oxygens (including phenoxy) is 1. The largest absolute Gasteiger partial charge is 2.00 e. The molecule has 1 radical (unpaired) electrons. The number of carbonyl (C=O) groups is 3. The van der Waals surface area contributed by atoms with Crippen molar-refractivity contribution in [2.45, 2.75) is 72.1 Å². The topological polar surface area (TPSA) is 196 Å². The van der Waals surface area contributed by atoms with Crippen molar-refractivity contribution in [2.75, 3.05) is 26.5 Å². The Morgan fingerprint density at radius 2 is 1.70 bits per heavy atom. The average molecular weight is 822 g/mol. The van der Waals surface area contributed by atoms with E-state index in [1.54, 1.807) is 26.1 Å². The van der Waals surface area contributed by atoms with E-state index in [0.29, 0.717) is 57.6 Å². The first kappa shape index (κ1) is 45.5. The van der Waals surface area contributed by atoms with Crippen molar-refractivity contribution in [3.05, 3.63) is 75.4 Å². The Hall–Kier alpha value is -2.92. The Morgan fingerprint density at radius 3 is 2.31 bits per heavy atom. The van der Waals surface area contributed by atoms with E-state index >= 15 is 0 Å². The summed E-state index contributed by atoms with van der Waals surface area (Å²) >= 11 is 0. The zero-order chi connectivity index (χ0) is 38.1. The van der Waals surface area contributed by atoms with Gasteiger partial charge in [-0.1, -0.05) is 55.8 Å². The fourth-order valence-corrected chi connectivity index (χ4v) is 7.31. The first-order chi connectivity index (χ1) is 24.6. The molecular formula is C38H43KMnN6O7S. The van der Waals surface area contributed by atoms with Crippen LogP contribution in [0.2, 0.25) is 0 Å². The number of amides is 2. The van der Waals surface area contributed by atoms with Gasteiger partial charge in [-0.05, 0) is 55.9 Å². The maximum absolute atomic E-state index is 13.9. The fourth-order valence-electron chi connectivity index (χ4n) is 6.96. The van der Waals surface area contributed by atoms with Crippen molar-refractivity contribution >= 4 is 67.2 Å². The normalized spacial score (nSPS) is 15.2. The summed E-state index contributed by atoms with van der Waals surface area (Å²) in [5.74, 6) is -2.87. The number of hydrogen-bond donors (Lipinski definition) is 2. The molecule has 2 aliphatic heterocycles. The van der Waals surface area contributed by atoms with Crippen LogP contribution in [0.25, 0.3) is 39.3 Å². The van der Waals surface area contributed by atoms with Gasteiger partial charge in [0.25, 0.3) is 0 Å². The van der Waals surface area contributed by atoms with Gasteiger partial charge in [-0.2, -0.15) is 0 Å². The summed E-state index contributed by atoms with van der Waals surface area (Å²) in [4.78, 5) is 59.7. The van der Waals surface area contributed by atoms with Crippen molar-refractivity contribution in [1.29, 1.82) is 0 Å². The molecule has 2 aliphatic rings. The molecule has 0 aliphatic carbocycles. The summed E-state index contributed by atoms with van der Waals surface area (Å²) in [6, 6.07) is 5.63. The van der Waals surface area contributed by atoms with Gasteiger partial charge in [0.2, 0.25) is 11.8 Å². The molecule has 0 saturated carbocycles. The number of aromatic nitrogens is 4. The maximum Gasteiger partial charge on any atom is 2.00 e. The van der Waals surface area contributed by atoms with Gasteiger partial charge in [0.05, 0.1) is 40.8 Å². The number of allylic oxidation sites excluding steroid dienone is 2. The van der Waals surface area contributed by atoms with Crippen LogP contribution in [0, 0.1) is 13.8 Å². The van der Waals surface area contributed by atoms with Crippen LogP contribution in [0.4, 0.5) is 0 Å². The molecule has 1 unspecified atom stereocenters. The van der Waals surface area contributed by atoms with E-state index in [9.17, 15) is 27.4 Å². The molecule has 16 heteroatoms. The minimum Gasteiger partial charge on any atom is -0.748 e. The predicted molar refractivity (Wildman–Crippen MR) is 198 cm³/mol. The minimum atomic E-state index is -4.61. The van der Waals surface area contributed by atoms with Gasteiger partial charge in [0.1, 0.15) is 0 Å². The SMILES string of the molecule is C=Cc1c(C)c2cc3nc(c(CC(=O)OC)c4[n-]c(cc5nc(cc1[n-]2)C(C)=C5CC)c(C)c4C(=O)NCCS(=O)(=O)[O-])[C@@H](CCC(=O)NC)C3C.[K+].[Mn+2]. The van der Waals surface area contributed by atoms with Gasteiger partial charge >= 0.3 is 74.4 Å². The predicted octanol–water partition coefficient (Wildman–Crippen LogP) is 1.58. The van der Waals surface area contributed by atoms with Gasteiger partial charge in [-0.3, -0.25) is 19.4 Å². The molecule has 8 bridgehead atoms. The van der Waals surface area contributed by atoms with Crippen LogP contribution in [0.1, 0.15) is 107 Å². The molecule has 54 heavy (non-hydrogen) atoms. The van der Waals surface area contributed by atoms with Crippen molar-refractivity contribution in [2.24, 2.45) is 0 Å².